The number of hydrogen-bond acceptors (Lipinski definition) is 3. The Hall–Kier alpha value is -2.46. The fourth-order valence-electron chi connectivity index (χ4n) is 5.73. The van der Waals surface area contributed by atoms with E-state index in [0.717, 1.165) is 59.9 Å². The summed E-state index contributed by atoms with van der Waals surface area (Å²) in [6.07, 6.45) is 13.5. The molecule has 5 heteroatoms. The van der Waals surface area contributed by atoms with Gasteiger partial charge in [-0.2, -0.15) is 0 Å². The molecule has 1 amide bonds. The number of pyridine rings is 1. The molecule has 2 aromatic rings. The van der Waals surface area contributed by atoms with Crippen LogP contribution in [-0.4, -0.2) is 22.7 Å². The molecule has 1 N–H and O–H groups in total. The Labute approximate surface area is 213 Å². The molecule has 0 bridgehead atoms. The number of benzene rings is 1. The molecule has 1 heterocycles. The molecule has 3 aliphatic rings. The third kappa shape index (κ3) is 5.69. The number of nitrogens with zero attached hydrogens (tertiary/aromatic N) is 1. The minimum Gasteiger partial charge on any atom is -0.346 e. The lowest BCUT2D eigenvalue weighted by Gasteiger charge is -2.26. The van der Waals surface area contributed by atoms with Crippen LogP contribution < -0.4 is 5.32 Å². The zero-order valence-corrected chi connectivity index (χ0v) is 21.3. The number of aryl methyl sites for hydroxylation is 1. The van der Waals surface area contributed by atoms with Gasteiger partial charge in [-0.3, -0.25) is 14.6 Å². The van der Waals surface area contributed by atoms with E-state index in [-0.39, 0.29) is 17.6 Å². The molecule has 3 aliphatic carbocycles. The highest BCUT2D eigenvalue weighted by Gasteiger charge is 2.31. The van der Waals surface area contributed by atoms with Crippen LogP contribution in [0.5, 0.6) is 0 Å². The number of nitrogens with one attached hydrogen (secondary N) is 1. The van der Waals surface area contributed by atoms with Crippen LogP contribution in [0.3, 0.4) is 0 Å². The summed E-state index contributed by atoms with van der Waals surface area (Å²) in [7, 11) is 0. The van der Waals surface area contributed by atoms with Crippen molar-refractivity contribution < 1.29 is 9.59 Å². The molecule has 0 saturated heterocycles. The number of Topliss-reactive ketones (excluding diaryl/α,β-unsaturated/α-hetero) is 1. The maximum atomic E-state index is 12.9. The van der Waals surface area contributed by atoms with Crippen LogP contribution in [0, 0.1) is 11.8 Å². The molecular formula is C30H35ClN2O2. The molecule has 5 rings (SSSR count). The van der Waals surface area contributed by atoms with Crippen LogP contribution in [0.15, 0.2) is 42.6 Å². The number of aromatic nitrogens is 1. The van der Waals surface area contributed by atoms with Crippen molar-refractivity contribution in [3.05, 3.63) is 70.6 Å². The number of fused-ring (bicyclic) bond motifs is 1. The average Bonchev–Trinajstić information content (AvgIpc) is 3.44. The Bertz CT molecular complexity index is 1120. The van der Waals surface area contributed by atoms with Crippen molar-refractivity contribution in [1.82, 2.24) is 10.3 Å². The Morgan fingerprint density at radius 1 is 1.11 bits per heavy atom. The summed E-state index contributed by atoms with van der Waals surface area (Å²) >= 11 is 6.23. The molecule has 0 spiro atoms. The third-order valence-electron chi connectivity index (χ3n) is 8.25. The van der Waals surface area contributed by atoms with Crippen molar-refractivity contribution in [2.24, 2.45) is 11.8 Å². The van der Waals surface area contributed by atoms with Crippen molar-refractivity contribution >= 4 is 28.3 Å². The Balaban J connectivity index is 1.06. The fraction of sp³-hybridized carbons (Fsp3) is 0.500. The molecule has 184 valence electrons. The second-order valence-electron chi connectivity index (χ2n) is 10.7. The monoisotopic (exact) mass is 490 g/mol. The Morgan fingerprint density at radius 2 is 1.91 bits per heavy atom. The van der Waals surface area contributed by atoms with E-state index in [9.17, 15) is 9.59 Å². The van der Waals surface area contributed by atoms with E-state index in [0.29, 0.717) is 18.8 Å². The van der Waals surface area contributed by atoms with Gasteiger partial charge in [-0.15, -0.1) is 0 Å². The van der Waals surface area contributed by atoms with Gasteiger partial charge in [0.05, 0.1) is 11.7 Å². The molecule has 0 radical (unpaired) electrons. The first-order chi connectivity index (χ1) is 17.0. The molecule has 4 nitrogen and oxygen atoms in total. The third-order valence-corrected chi connectivity index (χ3v) is 8.61. The smallest absolute Gasteiger partial charge is 0.223 e. The average molecular weight is 491 g/mol. The minimum absolute atomic E-state index is 0.0133. The van der Waals surface area contributed by atoms with Gasteiger partial charge in [-0.05, 0) is 86.5 Å². The fourth-order valence-corrected chi connectivity index (χ4v) is 5.97. The summed E-state index contributed by atoms with van der Waals surface area (Å²) in [5.74, 6) is 1.42. The van der Waals surface area contributed by atoms with Gasteiger partial charge in [0, 0.05) is 35.6 Å². The summed E-state index contributed by atoms with van der Waals surface area (Å²) in [5.41, 5.74) is 5.83. The largest absolute Gasteiger partial charge is 0.346 e. The quantitative estimate of drug-likeness (QED) is 0.458. The van der Waals surface area contributed by atoms with Crippen LogP contribution in [0.25, 0.3) is 5.03 Å². The number of rotatable bonds is 9. The maximum Gasteiger partial charge on any atom is 0.223 e. The van der Waals surface area contributed by atoms with Gasteiger partial charge >= 0.3 is 0 Å². The van der Waals surface area contributed by atoms with Gasteiger partial charge in [-0.1, -0.05) is 48.4 Å². The van der Waals surface area contributed by atoms with E-state index < -0.39 is 6.04 Å². The summed E-state index contributed by atoms with van der Waals surface area (Å²) in [6, 6.07) is 10.7. The number of carbonyl (C=O) groups excluding carboxylic acids is 2. The van der Waals surface area contributed by atoms with E-state index in [1.165, 1.54) is 30.4 Å². The maximum absolute atomic E-state index is 12.9. The van der Waals surface area contributed by atoms with Gasteiger partial charge in [0.2, 0.25) is 5.91 Å². The number of hydrogen-bond donors (Lipinski definition) is 1. The summed E-state index contributed by atoms with van der Waals surface area (Å²) in [6.45, 7) is 1.80. The molecule has 0 aliphatic heterocycles. The van der Waals surface area contributed by atoms with Crippen LogP contribution in [0.4, 0.5) is 0 Å². The van der Waals surface area contributed by atoms with Gasteiger partial charge < -0.3 is 5.32 Å². The summed E-state index contributed by atoms with van der Waals surface area (Å²) < 4.78 is 0. The molecule has 1 aromatic heterocycles. The summed E-state index contributed by atoms with van der Waals surface area (Å²) in [4.78, 5) is 30.0. The van der Waals surface area contributed by atoms with Crippen molar-refractivity contribution in [1.29, 1.82) is 0 Å². The van der Waals surface area contributed by atoms with Gasteiger partial charge in [0.25, 0.3) is 0 Å². The topological polar surface area (TPSA) is 59.1 Å². The van der Waals surface area contributed by atoms with Crippen molar-refractivity contribution in [2.75, 3.05) is 0 Å². The van der Waals surface area contributed by atoms with Gasteiger partial charge in [0.1, 0.15) is 0 Å². The first-order valence-electron chi connectivity index (χ1n) is 13.2. The van der Waals surface area contributed by atoms with Crippen molar-refractivity contribution in [3.63, 3.8) is 0 Å². The predicted octanol–water partition coefficient (Wildman–Crippen LogP) is 6.15. The van der Waals surface area contributed by atoms with E-state index in [2.05, 4.69) is 34.6 Å². The first-order valence-corrected chi connectivity index (χ1v) is 13.6. The van der Waals surface area contributed by atoms with Gasteiger partial charge in [-0.25, -0.2) is 0 Å². The molecule has 35 heavy (non-hydrogen) atoms. The molecule has 2 fully saturated rings. The predicted molar refractivity (Wildman–Crippen MR) is 140 cm³/mol. The number of amides is 1. The highest BCUT2D eigenvalue weighted by atomic mass is 35.5. The number of ketones is 1. The second-order valence-corrected chi connectivity index (χ2v) is 11.1. The number of halogens is 1. The van der Waals surface area contributed by atoms with E-state index in [4.69, 9.17) is 11.6 Å². The second kappa shape index (κ2) is 10.7. The first kappa shape index (κ1) is 24.2. The molecule has 1 aromatic carbocycles. The normalized spacial score (nSPS) is 22.3. The van der Waals surface area contributed by atoms with Crippen LogP contribution >= 0.6 is 11.6 Å². The van der Waals surface area contributed by atoms with Crippen LogP contribution in [0.2, 0.25) is 0 Å². The Kier molecular flexibility index (Phi) is 7.38. The van der Waals surface area contributed by atoms with Crippen molar-refractivity contribution in [3.8, 4) is 0 Å². The lowest BCUT2D eigenvalue weighted by atomic mass is 9.80. The van der Waals surface area contributed by atoms with Crippen molar-refractivity contribution in [2.45, 2.75) is 83.1 Å². The zero-order valence-electron chi connectivity index (χ0n) is 20.6. The minimum atomic E-state index is -0.466. The highest BCUT2D eigenvalue weighted by molar-refractivity contribution is 6.49. The zero-order chi connectivity index (χ0) is 24.4. The molecule has 2 saturated carbocycles. The lowest BCUT2D eigenvalue weighted by molar-refractivity contribution is -0.129. The molecular weight excluding hydrogens is 456 g/mol. The summed E-state index contributed by atoms with van der Waals surface area (Å²) in [5, 5.41) is 3.73. The van der Waals surface area contributed by atoms with E-state index >= 15 is 0 Å². The SMILES string of the molecule is C[C@H](NC(=O)[C@@H]1CC[C@@H](Cc2ccc(C3CCC3)cc2)C1)C(=O)CCc1cnc2c(c1)C(Cl)=CC2. The molecule has 0 unspecified atom stereocenters. The van der Waals surface area contributed by atoms with Gasteiger partial charge in [0.15, 0.2) is 5.78 Å². The van der Waals surface area contributed by atoms with E-state index in [1.807, 2.05) is 18.3 Å². The number of allylic oxidation sites excluding steroid dienone is 1. The van der Waals surface area contributed by atoms with Crippen LogP contribution in [0.1, 0.15) is 85.7 Å². The molecule has 3 atom stereocenters. The lowest BCUT2D eigenvalue weighted by Crippen LogP contribution is -2.41. The standard InChI is InChI=1S/C30H35ClN2O2/c1-19(29(34)14-8-22-17-26-27(31)12-13-28(26)32-18-22)33-30(35)25-11-7-21(16-25)15-20-5-9-24(10-6-20)23-3-2-4-23/h5-6,9-10,12,17-19,21,23,25H,2-4,7-8,11,13-16H2,1H3,(H,33,35)/t19-,21-,25+/m0/s1. The highest BCUT2D eigenvalue weighted by Crippen LogP contribution is 2.37. The number of carbonyl (C=O) groups is 2. The van der Waals surface area contributed by atoms with E-state index in [1.54, 1.807) is 6.92 Å². The Morgan fingerprint density at radius 3 is 2.66 bits per heavy atom. The van der Waals surface area contributed by atoms with Crippen LogP contribution in [-0.2, 0) is 28.9 Å².